The smallest absolute Gasteiger partial charge is 0.339 e. The molecule has 0 fully saturated rings. The lowest BCUT2D eigenvalue weighted by molar-refractivity contribution is -0.129. The zero-order valence-electron chi connectivity index (χ0n) is 12.6. The first-order valence-electron chi connectivity index (χ1n) is 6.75. The summed E-state index contributed by atoms with van der Waals surface area (Å²) >= 11 is 0. The van der Waals surface area contributed by atoms with Crippen LogP contribution in [0.4, 0.5) is 0 Å². The van der Waals surface area contributed by atoms with Crippen LogP contribution in [0.15, 0.2) is 47.6 Å². The maximum atomic E-state index is 11.8. The molecule has 0 radical (unpaired) electrons. The predicted molar refractivity (Wildman–Crippen MR) is 81.5 cm³/mol. The van der Waals surface area contributed by atoms with Gasteiger partial charge in [0.05, 0.1) is 0 Å². The van der Waals surface area contributed by atoms with Gasteiger partial charge in [-0.25, -0.2) is 9.59 Å². The number of ether oxygens (including phenoxy) is 1. The van der Waals surface area contributed by atoms with Crippen molar-refractivity contribution in [1.29, 1.82) is 0 Å². The van der Waals surface area contributed by atoms with Crippen molar-refractivity contribution in [3.8, 4) is 5.75 Å². The Balaban J connectivity index is 2.69. The van der Waals surface area contributed by atoms with Crippen molar-refractivity contribution in [1.82, 2.24) is 0 Å². The zero-order chi connectivity index (χ0) is 15.8. The number of para-hydroxylation sites is 1. The molecule has 0 saturated carbocycles. The van der Waals surface area contributed by atoms with E-state index in [0.29, 0.717) is 0 Å². The Morgan fingerprint density at radius 1 is 1.19 bits per heavy atom. The summed E-state index contributed by atoms with van der Waals surface area (Å²) in [6.45, 7) is 5.90. The van der Waals surface area contributed by atoms with Crippen LogP contribution in [-0.4, -0.2) is 17.0 Å². The summed E-state index contributed by atoms with van der Waals surface area (Å²) in [5.41, 5.74) is 2.10. The Hall–Kier alpha value is -2.36. The zero-order valence-corrected chi connectivity index (χ0v) is 12.6. The third-order valence-corrected chi connectivity index (χ3v) is 2.78. The van der Waals surface area contributed by atoms with Gasteiger partial charge in [-0.1, -0.05) is 29.4 Å². The molecule has 0 aliphatic heterocycles. The highest BCUT2D eigenvalue weighted by molar-refractivity contribution is 5.93. The number of carbonyl (C=O) groups excluding carboxylic acids is 1. The second-order valence-electron chi connectivity index (χ2n) is 5.03. The van der Waals surface area contributed by atoms with Gasteiger partial charge in [0.15, 0.2) is 0 Å². The second-order valence-corrected chi connectivity index (χ2v) is 5.03. The van der Waals surface area contributed by atoms with Crippen LogP contribution >= 0.6 is 0 Å². The average Bonchev–Trinajstić information content (AvgIpc) is 2.38. The standard InChI is InChI=1S/C17H20O4/c1-12(2)7-6-8-13(3)11-16(18)21-15-10-5-4-9-14(15)17(19)20/h4-5,7,9-11H,6,8H2,1-3H3,(H,19,20)/b13-11+. The van der Waals surface area contributed by atoms with Crippen LogP contribution in [0.1, 0.15) is 44.0 Å². The first kappa shape index (κ1) is 16.7. The fraction of sp³-hybridized carbons (Fsp3) is 0.294. The third-order valence-electron chi connectivity index (χ3n) is 2.78. The second kappa shape index (κ2) is 8.04. The molecule has 0 saturated heterocycles. The van der Waals surface area contributed by atoms with Gasteiger partial charge in [-0.05, 0) is 45.7 Å². The molecular formula is C17H20O4. The van der Waals surface area contributed by atoms with Crippen molar-refractivity contribution in [2.75, 3.05) is 0 Å². The number of esters is 1. The van der Waals surface area contributed by atoms with Gasteiger partial charge in [-0.3, -0.25) is 0 Å². The van der Waals surface area contributed by atoms with E-state index >= 15 is 0 Å². The minimum absolute atomic E-state index is 0.0264. The van der Waals surface area contributed by atoms with Gasteiger partial charge in [0.2, 0.25) is 0 Å². The maximum absolute atomic E-state index is 11.8. The lowest BCUT2D eigenvalue weighted by Crippen LogP contribution is -2.09. The van der Waals surface area contributed by atoms with Crippen LogP contribution in [0.25, 0.3) is 0 Å². The molecular weight excluding hydrogens is 268 g/mol. The van der Waals surface area contributed by atoms with Gasteiger partial charge in [-0.15, -0.1) is 0 Å². The van der Waals surface area contributed by atoms with E-state index in [4.69, 9.17) is 9.84 Å². The van der Waals surface area contributed by atoms with Crippen LogP contribution in [0, 0.1) is 0 Å². The molecule has 21 heavy (non-hydrogen) atoms. The van der Waals surface area contributed by atoms with E-state index in [2.05, 4.69) is 6.08 Å². The molecule has 112 valence electrons. The predicted octanol–water partition coefficient (Wildman–Crippen LogP) is 3.98. The highest BCUT2D eigenvalue weighted by Gasteiger charge is 2.12. The van der Waals surface area contributed by atoms with Crippen molar-refractivity contribution >= 4 is 11.9 Å². The van der Waals surface area contributed by atoms with E-state index < -0.39 is 11.9 Å². The number of carbonyl (C=O) groups is 2. The molecule has 0 atom stereocenters. The molecule has 0 spiro atoms. The van der Waals surface area contributed by atoms with E-state index in [9.17, 15) is 9.59 Å². The van der Waals surface area contributed by atoms with E-state index in [-0.39, 0.29) is 11.3 Å². The first-order valence-corrected chi connectivity index (χ1v) is 6.75. The number of benzene rings is 1. The summed E-state index contributed by atoms with van der Waals surface area (Å²) in [5, 5.41) is 9.02. The molecule has 0 bridgehead atoms. The SMILES string of the molecule is CC(C)=CCC/C(C)=C/C(=O)Oc1ccccc1C(=O)O. The van der Waals surface area contributed by atoms with Gasteiger partial charge < -0.3 is 9.84 Å². The van der Waals surface area contributed by atoms with Gasteiger partial charge >= 0.3 is 11.9 Å². The highest BCUT2D eigenvalue weighted by atomic mass is 16.5. The molecule has 1 aromatic carbocycles. The Kier molecular flexibility index (Phi) is 6.40. The van der Waals surface area contributed by atoms with Crippen LogP contribution in [0.3, 0.4) is 0 Å². The number of hydrogen-bond donors (Lipinski definition) is 1. The van der Waals surface area contributed by atoms with E-state index in [1.807, 2.05) is 20.8 Å². The summed E-state index contributed by atoms with van der Waals surface area (Å²) in [5.74, 6) is -1.62. The van der Waals surface area contributed by atoms with Crippen molar-refractivity contribution in [3.63, 3.8) is 0 Å². The Bertz CT molecular complexity index is 578. The fourth-order valence-electron chi connectivity index (χ4n) is 1.73. The van der Waals surface area contributed by atoms with Crippen LogP contribution in [0.5, 0.6) is 5.75 Å². The van der Waals surface area contributed by atoms with E-state index in [0.717, 1.165) is 18.4 Å². The fourth-order valence-corrected chi connectivity index (χ4v) is 1.73. The minimum atomic E-state index is -1.12. The molecule has 1 aromatic rings. The number of carboxylic acid groups (broad SMARTS) is 1. The number of carboxylic acids is 1. The Morgan fingerprint density at radius 2 is 1.86 bits per heavy atom. The van der Waals surface area contributed by atoms with Crippen LogP contribution in [-0.2, 0) is 4.79 Å². The van der Waals surface area contributed by atoms with Crippen molar-refractivity contribution in [2.24, 2.45) is 0 Å². The molecule has 4 nitrogen and oxygen atoms in total. The van der Waals surface area contributed by atoms with Crippen molar-refractivity contribution < 1.29 is 19.4 Å². The number of hydrogen-bond acceptors (Lipinski definition) is 3. The summed E-state index contributed by atoms with van der Waals surface area (Å²) in [6.07, 6.45) is 5.13. The molecule has 0 aromatic heterocycles. The van der Waals surface area contributed by atoms with Crippen LogP contribution < -0.4 is 4.74 Å². The number of rotatable bonds is 6. The lowest BCUT2D eigenvalue weighted by Gasteiger charge is -2.05. The molecule has 0 aliphatic rings. The summed E-state index contributed by atoms with van der Waals surface area (Å²) in [7, 11) is 0. The molecule has 0 aliphatic carbocycles. The number of aromatic carboxylic acids is 1. The van der Waals surface area contributed by atoms with E-state index in [1.54, 1.807) is 12.1 Å². The molecule has 0 unspecified atom stereocenters. The quantitative estimate of drug-likeness (QED) is 0.372. The number of allylic oxidation sites excluding steroid dienone is 3. The van der Waals surface area contributed by atoms with Gasteiger partial charge in [0.25, 0.3) is 0 Å². The summed E-state index contributed by atoms with van der Waals surface area (Å²) in [6, 6.07) is 6.08. The molecule has 0 amide bonds. The van der Waals surface area contributed by atoms with Gasteiger partial charge in [0.1, 0.15) is 11.3 Å². The van der Waals surface area contributed by atoms with E-state index in [1.165, 1.54) is 23.8 Å². The molecule has 1 N–H and O–H groups in total. The van der Waals surface area contributed by atoms with Crippen LogP contribution in [0.2, 0.25) is 0 Å². The first-order chi connectivity index (χ1) is 9.90. The minimum Gasteiger partial charge on any atom is -0.478 e. The summed E-state index contributed by atoms with van der Waals surface area (Å²) in [4.78, 5) is 22.8. The van der Waals surface area contributed by atoms with Crippen molar-refractivity contribution in [2.45, 2.75) is 33.6 Å². The Labute approximate surface area is 124 Å². The summed E-state index contributed by atoms with van der Waals surface area (Å²) < 4.78 is 5.09. The van der Waals surface area contributed by atoms with Crippen molar-refractivity contribution in [3.05, 3.63) is 53.1 Å². The highest BCUT2D eigenvalue weighted by Crippen LogP contribution is 2.18. The topological polar surface area (TPSA) is 63.6 Å². The maximum Gasteiger partial charge on any atom is 0.339 e. The molecule has 0 heterocycles. The molecule has 1 rings (SSSR count). The average molecular weight is 288 g/mol. The normalized spacial score (nSPS) is 10.9. The monoisotopic (exact) mass is 288 g/mol. The largest absolute Gasteiger partial charge is 0.478 e. The molecule has 4 heteroatoms. The Morgan fingerprint density at radius 3 is 2.48 bits per heavy atom. The van der Waals surface area contributed by atoms with Gasteiger partial charge in [-0.2, -0.15) is 0 Å². The lowest BCUT2D eigenvalue weighted by atomic mass is 10.1. The third kappa shape index (κ3) is 6.08. The van der Waals surface area contributed by atoms with Gasteiger partial charge in [0, 0.05) is 6.08 Å².